The third-order valence-electron chi connectivity index (χ3n) is 7.58. The number of amides is 4. The Labute approximate surface area is 199 Å². The van der Waals surface area contributed by atoms with Crippen LogP contribution < -0.4 is 5.32 Å². The average Bonchev–Trinajstić information content (AvgIpc) is 3.59. The quantitative estimate of drug-likeness (QED) is 0.592. The van der Waals surface area contributed by atoms with Crippen molar-refractivity contribution in [3.8, 4) is 0 Å². The first-order valence-corrected chi connectivity index (χ1v) is 12.1. The van der Waals surface area contributed by atoms with Gasteiger partial charge in [0.25, 0.3) is 5.91 Å². The highest BCUT2D eigenvalue weighted by Gasteiger charge is 2.55. The standard InChI is InChI=1S/C27H31N3O4/c1-18(21-8-9-21)29(16-20-5-3-2-4-6-20)24(32)17-30-25(33)27(28-26(30)34)13-11-22-15-19(12-14-31)7-10-23(22)27/h2-7,10,15,18,21,31H,8-9,11-14,16-17H2,1H3,(H,28,34). The van der Waals surface area contributed by atoms with E-state index in [9.17, 15) is 19.5 Å². The van der Waals surface area contributed by atoms with Gasteiger partial charge in [-0.1, -0.05) is 48.5 Å². The lowest BCUT2D eigenvalue weighted by Crippen LogP contribution is -2.47. The van der Waals surface area contributed by atoms with Gasteiger partial charge in [0.2, 0.25) is 5.91 Å². The van der Waals surface area contributed by atoms with Crippen molar-refractivity contribution in [3.05, 3.63) is 70.8 Å². The molecule has 2 fully saturated rings. The lowest BCUT2D eigenvalue weighted by Gasteiger charge is -2.31. The lowest BCUT2D eigenvalue weighted by atomic mass is 9.91. The summed E-state index contributed by atoms with van der Waals surface area (Å²) < 4.78 is 0. The number of hydrogen-bond acceptors (Lipinski definition) is 4. The Morgan fingerprint density at radius 3 is 2.65 bits per heavy atom. The van der Waals surface area contributed by atoms with Gasteiger partial charge in [-0.3, -0.25) is 14.5 Å². The second kappa shape index (κ2) is 8.87. The molecule has 178 valence electrons. The van der Waals surface area contributed by atoms with Crippen molar-refractivity contribution < 1.29 is 19.5 Å². The summed E-state index contributed by atoms with van der Waals surface area (Å²) in [6.07, 6.45) is 3.90. The summed E-state index contributed by atoms with van der Waals surface area (Å²) >= 11 is 0. The fourth-order valence-corrected chi connectivity index (χ4v) is 5.43. The smallest absolute Gasteiger partial charge is 0.325 e. The third-order valence-corrected chi connectivity index (χ3v) is 7.58. The van der Waals surface area contributed by atoms with Crippen LogP contribution in [0.1, 0.15) is 48.4 Å². The van der Waals surface area contributed by atoms with Gasteiger partial charge >= 0.3 is 6.03 Å². The SMILES string of the molecule is CC(C1CC1)N(Cc1ccccc1)C(=O)CN1C(=O)NC2(CCc3cc(CCO)ccc32)C1=O. The predicted molar refractivity (Wildman–Crippen MR) is 127 cm³/mol. The zero-order valence-corrected chi connectivity index (χ0v) is 19.5. The summed E-state index contributed by atoms with van der Waals surface area (Å²) in [6, 6.07) is 15.2. The molecule has 1 saturated heterocycles. The Hall–Kier alpha value is -3.19. The molecule has 7 heteroatoms. The molecule has 3 aliphatic rings. The Morgan fingerprint density at radius 1 is 1.18 bits per heavy atom. The van der Waals surface area contributed by atoms with Gasteiger partial charge in [0.15, 0.2) is 0 Å². The van der Waals surface area contributed by atoms with Gasteiger partial charge in [0.05, 0.1) is 0 Å². The number of carbonyl (C=O) groups is 3. The van der Waals surface area contributed by atoms with E-state index >= 15 is 0 Å². The Kier molecular flexibility index (Phi) is 5.90. The van der Waals surface area contributed by atoms with Crippen LogP contribution in [0.3, 0.4) is 0 Å². The Morgan fingerprint density at radius 2 is 1.94 bits per heavy atom. The fourth-order valence-electron chi connectivity index (χ4n) is 5.43. The van der Waals surface area contributed by atoms with E-state index in [0.29, 0.717) is 31.7 Å². The van der Waals surface area contributed by atoms with Gasteiger partial charge in [-0.25, -0.2) is 4.79 Å². The summed E-state index contributed by atoms with van der Waals surface area (Å²) in [4.78, 5) is 42.9. The number of benzene rings is 2. The monoisotopic (exact) mass is 461 g/mol. The van der Waals surface area contributed by atoms with Gasteiger partial charge in [-0.15, -0.1) is 0 Å². The molecule has 7 nitrogen and oxygen atoms in total. The number of aliphatic hydroxyl groups is 1. The number of aryl methyl sites for hydroxylation is 1. The van der Waals surface area contributed by atoms with Crippen molar-refractivity contribution in [3.63, 3.8) is 0 Å². The maximum atomic E-state index is 13.6. The summed E-state index contributed by atoms with van der Waals surface area (Å²) in [6.45, 7) is 2.33. The number of fused-ring (bicyclic) bond motifs is 2. The molecule has 1 spiro atoms. The maximum absolute atomic E-state index is 13.6. The molecule has 34 heavy (non-hydrogen) atoms. The number of nitrogens with one attached hydrogen (secondary N) is 1. The number of urea groups is 1. The molecule has 1 aliphatic heterocycles. The highest BCUT2D eigenvalue weighted by atomic mass is 16.3. The highest BCUT2D eigenvalue weighted by Crippen LogP contribution is 2.42. The number of carbonyl (C=O) groups excluding carboxylic acids is 3. The average molecular weight is 462 g/mol. The van der Waals surface area contributed by atoms with E-state index in [4.69, 9.17) is 0 Å². The molecule has 0 radical (unpaired) electrons. The van der Waals surface area contributed by atoms with Crippen LogP contribution in [-0.2, 0) is 34.5 Å². The number of imide groups is 1. The summed E-state index contributed by atoms with van der Waals surface area (Å²) in [5.74, 6) is -0.0875. The fraction of sp³-hybridized carbons (Fsp3) is 0.444. The van der Waals surface area contributed by atoms with Crippen LogP contribution in [0.25, 0.3) is 0 Å². The third kappa shape index (κ3) is 3.98. The number of rotatable bonds is 8. The van der Waals surface area contributed by atoms with Crippen molar-refractivity contribution in [1.29, 1.82) is 0 Å². The molecule has 2 unspecified atom stereocenters. The number of hydrogen-bond donors (Lipinski definition) is 2. The van der Waals surface area contributed by atoms with Crippen LogP contribution in [0.2, 0.25) is 0 Å². The molecule has 2 atom stereocenters. The molecule has 2 aliphatic carbocycles. The number of aliphatic hydroxyl groups excluding tert-OH is 1. The van der Waals surface area contributed by atoms with Gasteiger partial charge in [-0.2, -0.15) is 0 Å². The molecule has 1 heterocycles. The van der Waals surface area contributed by atoms with E-state index in [-0.39, 0.29) is 31.0 Å². The molecule has 2 aromatic carbocycles. The van der Waals surface area contributed by atoms with Gasteiger partial charge in [0, 0.05) is 19.2 Å². The van der Waals surface area contributed by atoms with E-state index in [1.807, 2.05) is 53.4 Å². The first-order chi connectivity index (χ1) is 16.4. The second-order valence-corrected chi connectivity index (χ2v) is 9.78. The molecule has 0 aromatic heterocycles. The van der Waals surface area contributed by atoms with Crippen LogP contribution in [-0.4, -0.2) is 51.9 Å². The minimum atomic E-state index is -1.10. The van der Waals surface area contributed by atoms with E-state index in [1.54, 1.807) is 0 Å². The van der Waals surface area contributed by atoms with Crippen LogP contribution in [0, 0.1) is 5.92 Å². The van der Waals surface area contributed by atoms with Crippen molar-refractivity contribution in [2.45, 2.75) is 57.2 Å². The molecule has 2 aromatic rings. The molecule has 2 N–H and O–H groups in total. The summed E-state index contributed by atoms with van der Waals surface area (Å²) in [5.41, 5.74) is 2.75. The zero-order chi connectivity index (χ0) is 23.9. The number of nitrogens with zero attached hydrogens (tertiary/aromatic N) is 2. The van der Waals surface area contributed by atoms with E-state index in [0.717, 1.165) is 40.0 Å². The Bertz CT molecular complexity index is 1110. The highest BCUT2D eigenvalue weighted by molar-refractivity contribution is 6.10. The lowest BCUT2D eigenvalue weighted by molar-refractivity contribution is -0.141. The van der Waals surface area contributed by atoms with Crippen LogP contribution in [0.5, 0.6) is 0 Å². The normalized spacial score (nSPS) is 22.1. The van der Waals surface area contributed by atoms with E-state index in [2.05, 4.69) is 12.2 Å². The molecule has 1 saturated carbocycles. The maximum Gasteiger partial charge on any atom is 0.325 e. The van der Waals surface area contributed by atoms with Crippen LogP contribution in [0.4, 0.5) is 4.79 Å². The first-order valence-electron chi connectivity index (χ1n) is 12.1. The largest absolute Gasteiger partial charge is 0.396 e. The van der Waals surface area contributed by atoms with Gasteiger partial charge < -0.3 is 15.3 Å². The van der Waals surface area contributed by atoms with Crippen LogP contribution >= 0.6 is 0 Å². The molecule has 4 amide bonds. The summed E-state index contributed by atoms with van der Waals surface area (Å²) in [7, 11) is 0. The van der Waals surface area contributed by atoms with Crippen molar-refractivity contribution in [2.24, 2.45) is 5.92 Å². The second-order valence-electron chi connectivity index (χ2n) is 9.78. The molecule has 0 bridgehead atoms. The van der Waals surface area contributed by atoms with Gasteiger partial charge in [-0.05, 0) is 67.2 Å². The van der Waals surface area contributed by atoms with E-state index < -0.39 is 11.6 Å². The molecular weight excluding hydrogens is 430 g/mol. The van der Waals surface area contributed by atoms with Crippen LogP contribution in [0.15, 0.2) is 48.5 Å². The van der Waals surface area contributed by atoms with E-state index in [1.165, 1.54) is 0 Å². The predicted octanol–water partition coefficient (Wildman–Crippen LogP) is 2.74. The zero-order valence-electron chi connectivity index (χ0n) is 19.5. The summed E-state index contributed by atoms with van der Waals surface area (Å²) in [5, 5.41) is 12.1. The minimum absolute atomic E-state index is 0.0552. The minimum Gasteiger partial charge on any atom is -0.396 e. The Balaban J connectivity index is 1.36. The molecule has 5 rings (SSSR count). The molecular formula is C27H31N3O4. The van der Waals surface area contributed by atoms with Crippen molar-refractivity contribution in [2.75, 3.05) is 13.2 Å². The first kappa shape index (κ1) is 22.6. The van der Waals surface area contributed by atoms with Crippen molar-refractivity contribution >= 4 is 17.8 Å². The van der Waals surface area contributed by atoms with Gasteiger partial charge in [0.1, 0.15) is 12.1 Å². The van der Waals surface area contributed by atoms with Crippen molar-refractivity contribution in [1.82, 2.24) is 15.1 Å². The topological polar surface area (TPSA) is 90.0 Å².